The Bertz CT molecular complexity index is 1310. The molecule has 0 radical (unpaired) electrons. The maximum atomic E-state index is 12.9. The zero-order valence-electron chi connectivity index (χ0n) is 15.4. The van der Waals surface area contributed by atoms with Crippen molar-refractivity contribution in [3.63, 3.8) is 0 Å². The van der Waals surface area contributed by atoms with Gasteiger partial charge in [-0.15, -0.1) is 0 Å². The molecular formula is C21H18N2O5S. The average Bonchev–Trinajstić information content (AvgIpc) is 2.71. The number of hydrogen-bond acceptors (Lipinski definition) is 7. The monoisotopic (exact) mass is 410 g/mol. The molecule has 0 aliphatic heterocycles. The molecule has 2 aromatic carbocycles. The highest BCUT2D eigenvalue weighted by Gasteiger charge is 2.13. The fourth-order valence-corrected chi connectivity index (χ4v) is 4.18. The van der Waals surface area contributed by atoms with Crippen molar-refractivity contribution in [1.82, 2.24) is 9.55 Å². The largest absolute Gasteiger partial charge is 0.508 e. The Balaban J connectivity index is 1.76. The molecule has 8 heteroatoms. The van der Waals surface area contributed by atoms with Gasteiger partial charge in [0.1, 0.15) is 11.3 Å². The van der Waals surface area contributed by atoms with Crippen LogP contribution in [0.3, 0.4) is 0 Å². The molecule has 0 saturated carbocycles. The van der Waals surface area contributed by atoms with Crippen LogP contribution in [0.4, 0.5) is 0 Å². The van der Waals surface area contributed by atoms with Crippen LogP contribution in [0.1, 0.15) is 12.0 Å². The van der Waals surface area contributed by atoms with Crippen molar-refractivity contribution < 1.29 is 14.6 Å². The van der Waals surface area contributed by atoms with E-state index < -0.39 is 5.63 Å². The van der Waals surface area contributed by atoms with E-state index >= 15 is 0 Å². The molecule has 0 aliphatic rings. The highest BCUT2D eigenvalue weighted by molar-refractivity contribution is 7.98. The molecule has 0 saturated heterocycles. The Hall–Kier alpha value is -3.10. The van der Waals surface area contributed by atoms with Crippen LogP contribution in [-0.2, 0) is 12.3 Å². The number of hydrogen-bond donors (Lipinski definition) is 2. The van der Waals surface area contributed by atoms with Crippen molar-refractivity contribution in [2.75, 3.05) is 6.61 Å². The van der Waals surface area contributed by atoms with Crippen molar-refractivity contribution in [1.29, 1.82) is 0 Å². The van der Waals surface area contributed by atoms with Gasteiger partial charge in [0.2, 0.25) is 0 Å². The summed E-state index contributed by atoms with van der Waals surface area (Å²) in [6.07, 6.45) is 0.435. The topological polar surface area (TPSA) is 106 Å². The molecule has 7 nitrogen and oxygen atoms in total. The van der Waals surface area contributed by atoms with Gasteiger partial charge in [-0.3, -0.25) is 9.36 Å². The van der Waals surface area contributed by atoms with Crippen LogP contribution in [0, 0.1) is 0 Å². The lowest BCUT2D eigenvalue weighted by Crippen LogP contribution is -2.24. The van der Waals surface area contributed by atoms with E-state index in [0.29, 0.717) is 45.7 Å². The Labute approximate surface area is 169 Å². The fraction of sp³-hybridized carbons (Fsp3) is 0.190. The van der Waals surface area contributed by atoms with E-state index in [9.17, 15) is 19.8 Å². The minimum atomic E-state index is -0.511. The number of fused-ring (bicyclic) bond motifs is 2. The second kappa shape index (κ2) is 8.10. The van der Waals surface area contributed by atoms with E-state index in [1.165, 1.54) is 30.0 Å². The minimum Gasteiger partial charge on any atom is -0.508 e. The lowest BCUT2D eigenvalue weighted by molar-refractivity contribution is 0.276. The first-order chi connectivity index (χ1) is 14.1. The summed E-state index contributed by atoms with van der Waals surface area (Å²) in [5.74, 6) is 0.399. The molecule has 29 heavy (non-hydrogen) atoms. The fourth-order valence-electron chi connectivity index (χ4n) is 3.16. The molecule has 0 bridgehead atoms. The maximum absolute atomic E-state index is 12.9. The number of aromatic hydroxyl groups is 1. The first kappa shape index (κ1) is 19.2. The maximum Gasteiger partial charge on any atom is 0.336 e. The van der Waals surface area contributed by atoms with Gasteiger partial charge in [-0.25, -0.2) is 9.78 Å². The number of aliphatic hydroxyl groups is 1. The number of aliphatic hydroxyl groups excluding tert-OH is 1. The molecule has 4 rings (SSSR count). The van der Waals surface area contributed by atoms with Crippen LogP contribution in [0.5, 0.6) is 5.75 Å². The number of rotatable bonds is 6. The second-order valence-corrected chi connectivity index (χ2v) is 7.45. The Morgan fingerprint density at radius 1 is 1.07 bits per heavy atom. The first-order valence-electron chi connectivity index (χ1n) is 9.06. The van der Waals surface area contributed by atoms with Crippen molar-refractivity contribution in [3.05, 3.63) is 74.9 Å². The number of para-hydroxylation sites is 1. The number of phenols is 1. The zero-order valence-corrected chi connectivity index (χ0v) is 16.2. The summed E-state index contributed by atoms with van der Waals surface area (Å²) in [6.45, 7) is 0.318. The summed E-state index contributed by atoms with van der Waals surface area (Å²) in [6, 6.07) is 13.2. The van der Waals surface area contributed by atoms with E-state index in [0.717, 1.165) is 5.56 Å². The van der Waals surface area contributed by atoms with Gasteiger partial charge in [-0.1, -0.05) is 23.9 Å². The quantitative estimate of drug-likeness (QED) is 0.286. The summed E-state index contributed by atoms with van der Waals surface area (Å²) in [5, 5.41) is 20.6. The Morgan fingerprint density at radius 3 is 2.72 bits per heavy atom. The molecule has 4 aromatic rings. The van der Waals surface area contributed by atoms with Gasteiger partial charge in [0.25, 0.3) is 5.56 Å². The standard InChI is InChI=1S/C21H18N2O5S/c24-9-3-8-23-20(27)16-4-1-2-5-17(16)22-21(23)29-12-13-10-19(26)28-18-11-14(25)6-7-15(13)18/h1-2,4-7,10-11,24-25H,3,8-9,12H2. The summed E-state index contributed by atoms with van der Waals surface area (Å²) < 4.78 is 6.72. The Kier molecular flexibility index (Phi) is 5.37. The number of thioether (sulfide) groups is 1. The molecule has 0 unspecified atom stereocenters. The normalized spacial score (nSPS) is 11.3. The summed E-state index contributed by atoms with van der Waals surface area (Å²) >= 11 is 1.33. The zero-order chi connectivity index (χ0) is 20.4. The van der Waals surface area contributed by atoms with Gasteiger partial charge in [0, 0.05) is 36.4 Å². The van der Waals surface area contributed by atoms with Crippen LogP contribution < -0.4 is 11.2 Å². The van der Waals surface area contributed by atoms with E-state index in [4.69, 9.17) is 4.42 Å². The van der Waals surface area contributed by atoms with Gasteiger partial charge >= 0.3 is 5.63 Å². The van der Waals surface area contributed by atoms with E-state index in [2.05, 4.69) is 4.98 Å². The molecule has 0 aliphatic carbocycles. The smallest absolute Gasteiger partial charge is 0.336 e. The molecule has 0 fully saturated rings. The van der Waals surface area contributed by atoms with Crippen molar-refractivity contribution in [2.45, 2.75) is 23.9 Å². The molecule has 0 atom stereocenters. The molecule has 2 N–H and O–H groups in total. The summed E-state index contributed by atoms with van der Waals surface area (Å²) in [7, 11) is 0. The molecule has 2 aromatic heterocycles. The Morgan fingerprint density at radius 2 is 1.90 bits per heavy atom. The molecule has 148 valence electrons. The first-order valence-corrected chi connectivity index (χ1v) is 10.0. The van der Waals surface area contributed by atoms with Crippen LogP contribution in [0.25, 0.3) is 21.9 Å². The number of nitrogens with zero attached hydrogens (tertiary/aromatic N) is 2. The van der Waals surface area contributed by atoms with Crippen molar-refractivity contribution in [3.8, 4) is 5.75 Å². The van der Waals surface area contributed by atoms with Crippen LogP contribution >= 0.6 is 11.8 Å². The van der Waals surface area contributed by atoms with Crippen LogP contribution in [-0.4, -0.2) is 26.4 Å². The number of phenolic OH excluding ortho intramolecular Hbond substituents is 1. The lowest BCUT2D eigenvalue weighted by Gasteiger charge is -2.13. The third kappa shape index (κ3) is 3.90. The second-order valence-electron chi connectivity index (χ2n) is 6.51. The van der Waals surface area contributed by atoms with Gasteiger partial charge in [0.05, 0.1) is 10.9 Å². The minimum absolute atomic E-state index is 0.0134. The number of benzene rings is 2. The summed E-state index contributed by atoms with van der Waals surface area (Å²) in [5.41, 5.74) is 0.953. The van der Waals surface area contributed by atoms with Gasteiger partial charge in [0.15, 0.2) is 5.16 Å². The molecule has 2 heterocycles. The predicted octanol–water partition coefficient (Wildman–Crippen LogP) is 2.88. The highest BCUT2D eigenvalue weighted by atomic mass is 32.2. The lowest BCUT2D eigenvalue weighted by atomic mass is 10.1. The van der Waals surface area contributed by atoms with E-state index in [1.807, 2.05) is 6.07 Å². The molecule has 0 spiro atoms. The van der Waals surface area contributed by atoms with Gasteiger partial charge < -0.3 is 14.6 Å². The van der Waals surface area contributed by atoms with Gasteiger partial charge in [-0.2, -0.15) is 0 Å². The predicted molar refractivity (Wildman–Crippen MR) is 111 cm³/mol. The SMILES string of the molecule is O=c1cc(CSc2nc3ccccc3c(=O)n2CCCO)c2ccc(O)cc2o1. The molecule has 0 amide bonds. The summed E-state index contributed by atoms with van der Waals surface area (Å²) in [4.78, 5) is 29.4. The average molecular weight is 410 g/mol. The van der Waals surface area contributed by atoms with E-state index in [1.54, 1.807) is 28.8 Å². The van der Waals surface area contributed by atoms with Crippen molar-refractivity contribution in [2.24, 2.45) is 0 Å². The van der Waals surface area contributed by atoms with E-state index in [-0.39, 0.29) is 17.9 Å². The molecular weight excluding hydrogens is 392 g/mol. The van der Waals surface area contributed by atoms with Crippen LogP contribution in [0.2, 0.25) is 0 Å². The van der Waals surface area contributed by atoms with Gasteiger partial charge in [-0.05, 0) is 36.2 Å². The highest BCUT2D eigenvalue weighted by Crippen LogP contribution is 2.27. The number of aromatic nitrogens is 2. The third-order valence-electron chi connectivity index (χ3n) is 4.54. The third-order valence-corrected chi connectivity index (χ3v) is 5.56. The van der Waals surface area contributed by atoms with Crippen LogP contribution in [0.15, 0.2) is 67.7 Å². The van der Waals surface area contributed by atoms with Crippen molar-refractivity contribution >= 4 is 33.6 Å².